The topological polar surface area (TPSA) is 29.9 Å². The molecule has 130 valence electrons. The van der Waals surface area contributed by atoms with Gasteiger partial charge in [0.25, 0.3) is 0 Å². The van der Waals surface area contributed by atoms with Crippen LogP contribution in [0.15, 0.2) is 24.3 Å². The van der Waals surface area contributed by atoms with E-state index >= 15 is 0 Å². The number of aryl methyl sites for hydroxylation is 2. The van der Waals surface area contributed by atoms with Crippen molar-refractivity contribution in [3.05, 3.63) is 50.6 Å². The first-order valence-electron chi connectivity index (χ1n) is 8.04. The molecule has 1 aromatic carbocycles. The molecule has 1 aromatic heterocycles. The largest absolute Gasteiger partial charge is 0.416 e. The summed E-state index contributed by atoms with van der Waals surface area (Å²) in [5, 5.41) is 3.51. The number of hydrogen-bond donors (Lipinski definition) is 1. The third-order valence-electron chi connectivity index (χ3n) is 4.42. The quantitative estimate of drug-likeness (QED) is 0.704. The van der Waals surface area contributed by atoms with Crippen molar-refractivity contribution in [2.75, 3.05) is 6.54 Å². The Morgan fingerprint density at radius 2 is 2.00 bits per heavy atom. The summed E-state index contributed by atoms with van der Waals surface area (Å²) in [5.74, 6) is 1.11. The van der Waals surface area contributed by atoms with Crippen molar-refractivity contribution in [3.63, 3.8) is 0 Å². The van der Waals surface area contributed by atoms with Crippen LogP contribution in [0.1, 0.15) is 42.0 Å². The molecule has 0 bridgehead atoms. The van der Waals surface area contributed by atoms with E-state index in [4.69, 9.17) is 0 Å². The summed E-state index contributed by atoms with van der Waals surface area (Å²) in [6, 6.07) is 5.66. The van der Waals surface area contributed by atoms with Gasteiger partial charge in [0.2, 0.25) is 0 Å². The molecule has 3 nitrogen and oxygen atoms in total. The number of fused-ring (bicyclic) bond motifs is 1. The summed E-state index contributed by atoms with van der Waals surface area (Å²) in [6.07, 6.45) is -1.79. The summed E-state index contributed by atoms with van der Waals surface area (Å²) in [4.78, 5) is 4.64. The minimum absolute atomic E-state index is 0.195. The van der Waals surface area contributed by atoms with Crippen molar-refractivity contribution in [1.82, 2.24) is 14.9 Å². The molecule has 0 unspecified atom stereocenters. The number of alkyl halides is 3. The lowest BCUT2D eigenvalue weighted by Crippen LogP contribution is -2.34. The fourth-order valence-corrected chi connectivity index (χ4v) is 4.14. The van der Waals surface area contributed by atoms with Gasteiger partial charge >= 0.3 is 6.18 Å². The molecular formula is C17H19F3IN3. The molecule has 2 heterocycles. The van der Waals surface area contributed by atoms with Gasteiger partial charge < -0.3 is 9.88 Å². The van der Waals surface area contributed by atoms with E-state index in [2.05, 4.69) is 44.4 Å². The number of halogens is 4. The van der Waals surface area contributed by atoms with Crippen molar-refractivity contribution in [2.45, 2.75) is 44.9 Å². The second-order valence-electron chi connectivity index (χ2n) is 5.95. The molecule has 1 aliphatic rings. The van der Waals surface area contributed by atoms with Gasteiger partial charge in [-0.25, -0.2) is 4.98 Å². The number of benzene rings is 1. The second kappa shape index (κ2) is 7.03. The Bertz CT molecular complexity index is 707. The van der Waals surface area contributed by atoms with E-state index in [1.165, 1.54) is 5.69 Å². The highest BCUT2D eigenvalue weighted by Crippen LogP contribution is 2.31. The molecule has 1 aliphatic heterocycles. The van der Waals surface area contributed by atoms with Crippen LogP contribution in [0.2, 0.25) is 0 Å². The van der Waals surface area contributed by atoms with E-state index < -0.39 is 11.7 Å². The van der Waals surface area contributed by atoms with Crippen molar-refractivity contribution in [1.29, 1.82) is 0 Å². The number of imidazole rings is 1. The highest BCUT2D eigenvalue weighted by Gasteiger charge is 2.30. The number of aromatic nitrogens is 2. The Kier molecular flexibility index (Phi) is 5.19. The minimum Gasteiger partial charge on any atom is -0.328 e. The molecule has 0 saturated carbocycles. The molecule has 0 amide bonds. The lowest BCUT2D eigenvalue weighted by atomic mass is 10.0. The van der Waals surface area contributed by atoms with Gasteiger partial charge in [-0.3, -0.25) is 0 Å². The van der Waals surface area contributed by atoms with Crippen molar-refractivity contribution in [2.24, 2.45) is 0 Å². The van der Waals surface area contributed by atoms with E-state index in [-0.39, 0.29) is 6.04 Å². The minimum atomic E-state index is -4.28. The molecule has 0 radical (unpaired) electrons. The lowest BCUT2D eigenvalue weighted by Gasteiger charge is -2.27. The average Bonchev–Trinajstić information content (AvgIpc) is 2.89. The van der Waals surface area contributed by atoms with Crippen LogP contribution in [0, 0.1) is 3.70 Å². The van der Waals surface area contributed by atoms with Gasteiger partial charge in [0, 0.05) is 19.5 Å². The van der Waals surface area contributed by atoms with Crippen LogP contribution >= 0.6 is 22.6 Å². The molecule has 0 saturated heterocycles. The Labute approximate surface area is 152 Å². The molecule has 2 aromatic rings. The van der Waals surface area contributed by atoms with Gasteiger partial charge in [0.15, 0.2) is 0 Å². The van der Waals surface area contributed by atoms with Crippen molar-refractivity contribution >= 4 is 22.6 Å². The molecule has 24 heavy (non-hydrogen) atoms. The SMILES string of the molecule is CCc1nc(I)c2n1CCN[C@H]2CCc1ccc(C(F)(F)F)cc1. The molecule has 1 N–H and O–H groups in total. The Hall–Kier alpha value is -1.09. The zero-order chi connectivity index (χ0) is 17.3. The first-order chi connectivity index (χ1) is 11.4. The lowest BCUT2D eigenvalue weighted by molar-refractivity contribution is -0.137. The highest BCUT2D eigenvalue weighted by atomic mass is 127. The van der Waals surface area contributed by atoms with Gasteiger partial charge in [-0.1, -0.05) is 19.1 Å². The Morgan fingerprint density at radius 3 is 2.62 bits per heavy atom. The molecule has 1 atom stereocenters. The number of nitrogens with one attached hydrogen (secondary N) is 1. The number of nitrogens with zero attached hydrogens (tertiary/aromatic N) is 2. The van der Waals surface area contributed by atoms with Crippen LogP contribution in [-0.4, -0.2) is 16.1 Å². The van der Waals surface area contributed by atoms with E-state index in [1.807, 2.05) is 0 Å². The fraction of sp³-hybridized carbons (Fsp3) is 0.471. The van der Waals surface area contributed by atoms with Crippen molar-refractivity contribution in [3.8, 4) is 0 Å². The van der Waals surface area contributed by atoms with E-state index in [0.717, 1.165) is 59.6 Å². The monoisotopic (exact) mass is 449 g/mol. The standard InChI is InChI=1S/C17H19F3IN3/c1-2-14-23-16(21)15-13(22-9-10-24(14)15)8-5-11-3-6-12(7-4-11)17(18,19)20/h3-4,6-7,13,22H,2,5,8-10H2,1H3/t13-/m0/s1. The smallest absolute Gasteiger partial charge is 0.328 e. The second-order valence-corrected chi connectivity index (χ2v) is 6.97. The summed E-state index contributed by atoms with van der Waals surface area (Å²) in [7, 11) is 0. The van der Waals surface area contributed by atoms with Crippen LogP contribution in [0.4, 0.5) is 13.2 Å². The first-order valence-corrected chi connectivity index (χ1v) is 9.12. The maximum Gasteiger partial charge on any atom is 0.416 e. The molecule has 7 heteroatoms. The van der Waals surface area contributed by atoms with E-state index in [9.17, 15) is 13.2 Å². The number of hydrogen-bond acceptors (Lipinski definition) is 2. The van der Waals surface area contributed by atoms with Crippen molar-refractivity contribution < 1.29 is 13.2 Å². The molecule has 0 aliphatic carbocycles. The summed E-state index contributed by atoms with van der Waals surface area (Å²) in [5.41, 5.74) is 1.54. The number of rotatable bonds is 4. The molecule has 0 fully saturated rings. The normalized spacial score (nSPS) is 17.8. The highest BCUT2D eigenvalue weighted by molar-refractivity contribution is 14.1. The fourth-order valence-electron chi connectivity index (χ4n) is 3.19. The van der Waals surface area contributed by atoms with Gasteiger partial charge in [-0.15, -0.1) is 0 Å². The third-order valence-corrected chi connectivity index (χ3v) is 5.21. The van der Waals surface area contributed by atoms with Gasteiger partial charge in [0.05, 0.1) is 17.3 Å². The van der Waals surface area contributed by atoms with E-state index in [1.54, 1.807) is 12.1 Å². The van der Waals surface area contributed by atoms with Crippen LogP contribution in [0.3, 0.4) is 0 Å². The zero-order valence-corrected chi connectivity index (χ0v) is 15.5. The van der Waals surface area contributed by atoms with Crippen LogP contribution in [-0.2, 0) is 25.6 Å². The summed E-state index contributed by atoms with van der Waals surface area (Å²) in [6.45, 7) is 3.92. The Balaban J connectivity index is 1.71. The summed E-state index contributed by atoms with van der Waals surface area (Å²) < 4.78 is 41.2. The third kappa shape index (κ3) is 3.61. The molecule has 0 spiro atoms. The zero-order valence-electron chi connectivity index (χ0n) is 13.3. The Morgan fingerprint density at radius 1 is 1.29 bits per heavy atom. The maximum atomic E-state index is 12.6. The van der Waals surface area contributed by atoms with Crippen LogP contribution in [0.5, 0.6) is 0 Å². The van der Waals surface area contributed by atoms with Gasteiger partial charge in [0.1, 0.15) is 9.53 Å². The average molecular weight is 449 g/mol. The van der Waals surface area contributed by atoms with Crippen LogP contribution in [0.25, 0.3) is 0 Å². The maximum absolute atomic E-state index is 12.6. The van der Waals surface area contributed by atoms with Gasteiger partial charge in [-0.2, -0.15) is 13.2 Å². The van der Waals surface area contributed by atoms with Gasteiger partial charge in [-0.05, 0) is 53.1 Å². The van der Waals surface area contributed by atoms with E-state index in [0.29, 0.717) is 0 Å². The predicted octanol–water partition coefficient (Wildman–Crippen LogP) is 4.35. The molecule has 3 rings (SSSR count). The predicted molar refractivity (Wildman–Crippen MR) is 94.8 cm³/mol. The first kappa shape index (κ1) is 17.7. The summed E-state index contributed by atoms with van der Waals surface area (Å²) >= 11 is 2.27. The van der Waals surface area contributed by atoms with Crippen LogP contribution < -0.4 is 5.32 Å². The molecular weight excluding hydrogens is 430 g/mol.